The van der Waals surface area contributed by atoms with Crippen molar-refractivity contribution in [1.29, 1.82) is 0 Å². The van der Waals surface area contributed by atoms with Gasteiger partial charge in [0.05, 0.1) is 28.7 Å². The largest absolute Gasteiger partial charge is 0.292 e. The molecule has 0 unspecified atom stereocenters. The first kappa shape index (κ1) is 14.7. The summed E-state index contributed by atoms with van der Waals surface area (Å²) < 4.78 is 4.44. The zero-order chi connectivity index (χ0) is 14.2. The second-order valence-electron chi connectivity index (χ2n) is 3.97. The summed E-state index contributed by atoms with van der Waals surface area (Å²) in [6, 6.07) is 0. The van der Waals surface area contributed by atoms with Crippen LogP contribution < -0.4 is 5.56 Å². The highest BCUT2D eigenvalue weighted by molar-refractivity contribution is 9.10. The minimum atomic E-state index is -0.217. The summed E-state index contributed by atoms with van der Waals surface area (Å²) in [4.78, 5) is 16.0. The Kier molecular flexibility index (Phi) is 4.47. The van der Waals surface area contributed by atoms with E-state index in [0.717, 1.165) is 22.3 Å². The SMILES string of the molecule is CCc1nn(C)c(Cn2cnc(Cl)c(Br)c2=O)c1Br. The molecular formula is C11H11Br2ClN4O. The average Bonchev–Trinajstić information content (AvgIpc) is 2.66. The number of hydrogen-bond donors (Lipinski definition) is 0. The lowest BCUT2D eigenvalue weighted by Gasteiger charge is -2.07. The van der Waals surface area contributed by atoms with Crippen molar-refractivity contribution in [2.45, 2.75) is 19.9 Å². The van der Waals surface area contributed by atoms with Crippen LogP contribution in [0.2, 0.25) is 5.15 Å². The normalized spacial score (nSPS) is 11.0. The van der Waals surface area contributed by atoms with Crippen molar-refractivity contribution in [1.82, 2.24) is 19.3 Å². The molecule has 0 atom stereocenters. The van der Waals surface area contributed by atoms with Crippen LogP contribution in [-0.2, 0) is 20.0 Å². The number of aryl methyl sites for hydroxylation is 2. The molecule has 0 saturated carbocycles. The molecule has 2 heterocycles. The van der Waals surface area contributed by atoms with E-state index in [2.05, 4.69) is 41.9 Å². The summed E-state index contributed by atoms with van der Waals surface area (Å²) in [6.07, 6.45) is 2.26. The molecule has 0 saturated heterocycles. The van der Waals surface area contributed by atoms with E-state index in [1.54, 1.807) is 4.68 Å². The molecular weight excluding hydrogens is 399 g/mol. The number of aromatic nitrogens is 4. The van der Waals surface area contributed by atoms with E-state index >= 15 is 0 Å². The van der Waals surface area contributed by atoms with Crippen LogP contribution in [0.5, 0.6) is 0 Å². The van der Waals surface area contributed by atoms with Gasteiger partial charge in [-0.05, 0) is 38.3 Å². The summed E-state index contributed by atoms with van der Waals surface area (Å²) >= 11 is 12.4. The van der Waals surface area contributed by atoms with Gasteiger partial charge in [-0.2, -0.15) is 5.10 Å². The van der Waals surface area contributed by atoms with E-state index in [9.17, 15) is 4.79 Å². The van der Waals surface area contributed by atoms with Crippen molar-refractivity contribution < 1.29 is 0 Å². The van der Waals surface area contributed by atoms with Gasteiger partial charge in [0, 0.05) is 7.05 Å². The highest BCUT2D eigenvalue weighted by Crippen LogP contribution is 2.22. The number of hydrogen-bond acceptors (Lipinski definition) is 3. The maximum absolute atomic E-state index is 12.0. The molecule has 19 heavy (non-hydrogen) atoms. The second-order valence-corrected chi connectivity index (χ2v) is 5.91. The molecule has 0 radical (unpaired) electrons. The first-order valence-electron chi connectivity index (χ1n) is 5.56. The molecule has 0 aromatic carbocycles. The summed E-state index contributed by atoms with van der Waals surface area (Å²) in [5.74, 6) is 0. The molecule has 0 aliphatic carbocycles. The highest BCUT2D eigenvalue weighted by Gasteiger charge is 2.15. The summed E-state index contributed by atoms with van der Waals surface area (Å²) in [5.41, 5.74) is 1.66. The zero-order valence-electron chi connectivity index (χ0n) is 10.3. The van der Waals surface area contributed by atoms with Crippen LogP contribution in [0, 0.1) is 0 Å². The Morgan fingerprint density at radius 1 is 1.37 bits per heavy atom. The molecule has 0 aliphatic heterocycles. The van der Waals surface area contributed by atoms with Crippen LogP contribution in [0.4, 0.5) is 0 Å². The van der Waals surface area contributed by atoms with E-state index in [1.165, 1.54) is 10.9 Å². The van der Waals surface area contributed by atoms with E-state index in [1.807, 2.05) is 14.0 Å². The van der Waals surface area contributed by atoms with Gasteiger partial charge < -0.3 is 0 Å². The minimum absolute atomic E-state index is 0.166. The molecule has 0 amide bonds. The summed E-state index contributed by atoms with van der Waals surface area (Å²) in [7, 11) is 1.85. The van der Waals surface area contributed by atoms with Crippen LogP contribution in [-0.4, -0.2) is 19.3 Å². The first-order valence-corrected chi connectivity index (χ1v) is 7.52. The van der Waals surface area contributed by atoms with Crippen LogP contribution in [0.3, 0.4) is 0 Å². The molecule has 0 N–H and O–H groups in total. The maximum atomic E-state index is 12.0. The lowest BCUT2D eigenvalue weighted by atomic mass is 10.3. The quantitative estimate of drug-likeness (QED) is 0.732. The van der Waals surface area contributed by atoms with Gasteiger partial charge in [-0.25, -0.2) is 4.98 Å². The van der Waals surface area contributed by atoms with Gasteiger partial charge in [0.1, 0.15) is 4.47 Å². The van der Waals surface area contributed by atoms with Crippen LogP contribution >= 0.6 is 43.5 Å². The van der Waals surface area contributed by atoms with Crippen LogP contribution in [0.15, 0.2) is 20.1 Å². The summed E-state index contributed by atoms with van der Waals surface area (Å²) in [5, 5.41) is 4.56. The minimum Gasteiger partial charge on any atom is -0.292 e. The maximum Gasteiger partial charge on any atom is 0.269 e. The fourth-order valence-corrected chi connectivity index (χ4v) is 2.91. The van der Waals surface area contributed by atoms with Gasteiger partial charge in [-0.1, -0.05) is 18.5 Å². The Bertz CT molecular complexity index is 680. The topological polar surface area (TPSA) is 52.7 Å². The van der Waals surface area contributed by atoms with Crippen molar-refractivity contribution in [2.75, 3.05) is 0 Å². The molecule has 0 fully saturated rings. The van der Waals surface area contributed by atoms with Crippen molar-refractivity contribution in [3.8, 4) is 0 Å². The Morgan fingerprint density at radius 3 is 2.63 bits per heavy atom. The third kappa shape index (κ3) is 2.78. The monoisotopic (exact) mass is 408 g/mol. The lowest BCUT2D eigenvalue weighted by Crippen LogP contribution is -2.23. The Balaban J connectivity index is 2.45. The van der Waals surface area contributed by atoms with Gasteiger partial charge in [0.25, 0.3) is 5.56 Å². The van der Waals surface area contributed by atoms with E-state index in [-0.39, 0.29) is 15.2 Å². The number of nitrogens with zero attached hydrogens (tertiary/aromatic N) is 4. The molecule has 0 bridgehead atoms. The average molecular weight is 410 g/mol. The molecule has 5 nitrogen and oxygen atoms in total. The molecule has 2 rings (SSSR count). The highest BCUT2D eigenvalue weighted by atomic mass is 79.9. The smallest absolute Gasteiger partial charge is 0.269 e. The van der Waals surface area contributed by atoms with Crippen molar-refractivity contribution in [2.24, 2.45) is 7.05 Å². The third-order valence-corrected chi connectivity index (χ3v) is 4.91. The fourth-order valence-electron chi connectivity index (χ4n) is 1.71. The molecule has 102 valence electrons. The molecule has 2 aromatic heterocycles. The van der Waals surface area contributed by atoms with Gasteiger partial charge in [0.2, 0.25) is 0 Å². The predicted molar refractivity (Wildman–Crippen MR) is 80.6 cm³/mol. The van der Waals surface area contributed by atoms with Crippen LogP contribution in [0.25, 0.3) is 0 Å². The number of halogens is 3. The van der Waals surface area contributed by atoms with E-state index in [0.29, 0.717) is 6.54 Å². The molecule has 0 aliphatic rings. The molecule has 2 aromatic rings. The third-order valence-electron chi connectivity index (χ3n) is 2.76. The standard InChI is InChI=1S/C11H11Br2ClN4O/c1-3-6-8(12)7(17(2)16-6)4-18-5-15-10(14)9(13)11(18)19/h5H,3-4H2,1-2H3. The summed E-state index contributed by atoms with van der Waals surface area (Å²) in [6.45, 7) is 2.41. The lowest BCUT2D eigenvalue weighted by molar-refractivity contribution is 0.639. The zero-order valence-corrected chi connectivity index (χ0v) is 14.3. The molecule has 8 heteroatoms. The molecule has 0 spiro atoms. The van der Waals surface area contributed by atoms with Gasteiger partial charge in [0.15, 0.2) is 5.15 Å². The van der Waals surface area contributed by atoms with Crippen molar-refractivity contribution in [3.63, 3.8) is 0 Å². The second kappa shape index (κ2) is 5.76. The fraction of sp³-hybridized carbons (Fsp3) is 0.364. The van der Waals surface area contributed by atoms with Crippen LogP contribution in [0.1, 0.15) is 18.3 Å². The Hall–Kier alpha value is -0.660. The Labute approximate surface area is 131 Å². The van der Waals surface area contributed by atoms with Gasteiger partial charge >= 0.3 is 0 Å². The predicted octanol–water partition coefficient (Wildman–Crippen LogP) is 2.77. The van der Waals surface area contributed by atoms with Gasteiger partial charge in [-0.15, -0.1) is 0 Å². The Morgan fingerprint density at radius 2 is 2.05 bits per heavy atom. The van der Waals surface area contributed by atoms with E-state index in [4.69, 9.17) is 11.6 Å². The van der Waals surface area contributed by atoms with E-state index < -0.39 is 0 Å². The first-order chi connectivity index (χ1) is 8.95. The van der Waals surface area contributed by atoms with Crippen molar-refractivity contribution >= 4 is 43.5 Å². The van der Waals surface area contributed by atoms with Gasteiger partial charge in [-0.3, -0.25) is 14.0 Å². The number of rotatable bonds is 3. The van der Waals surface area contributed by atoms with Crippen molar-refractivity contribution in [3.05, 3.63) is 42.2 Å².